The van der Waals surface area contributed by atoms with Crippen molar-refractivity contribution in [2.45, 2.75) is 20.0 Å². The van der Waals surface area contributed by atoms with Gasteiger partial charge in [0.25, 0.3) is 0 Å². The second-order valence-electron chi connectivity index (χ2n) is 5.00. The topological polar surface area (TPSA) is 46.5 Å². The molecule has 0 heterocycles. The number of benzene rings is 2. The molecule has 23 heavy (non-hydrogen) atoms. The van der Waals surface area contributed by atoms with E-state index < -0.39 is 0 Å². The molecule has 0 aromatic heterocycles. The van der Waals surface area contributed by atoms with Crippen LogP contribution in [0.2, 0.25) is 0 Å². The third kappa shape index (κ3) is 6.22. The van der Waals surface area contributed by atoms with Crippen LogP contribution in [0.3, 0.4) is 0 Å². The molecule has 0 radical (unpaired) electrons. The fraction of sp³-hybridized carbons (Fsp3) is 0.150. The van der Waals surface area contributed by atoms with Crippen molar-refractivity contribution in [3.8, 4) is 5.75 Å². The lowest BCUT2D eigenvalue weighted by Gasteiger charge is -2.13. The Kier molecular flexibility index (Phi) is 7.34. The van der Waals surface area contributed by atoms with Crippen LogP contribution < -0.4 is 0 Å². The Bertz CT molecular complexity index is 660. The molecule has 0 saturated carbocycles. The van der Waals surface area contributed by atoms with Crippen LogP contribution in [-0.4, -0.2) is 11.1 Å². The zero-order valence-corrected chi connectivity index (χ0v) is 13.5. The number of carbonyl (C=O) groups is 1. The first kappa shape index (κ1) is 18.2. The second kappa shape index (κ2) is 9.26. The van der Waals surface area contributed by atoms with E-state index in [-0.39, 0.29) is 17.8 Å². The first-order chi connectivity index (χ1) is 11.0. The molecule has 0 fully saturated rings. The SMILES string of the molecule is C=C(C)C(=O)OC(C)c1ccccc1.C=Cc1ccccc1O. The van der Waals surface area contributed by atoms with Crippen molar-refractivity contribution in [3.63, 3.8) is 0 Å². The maximum absolute atomic E-state index is 11.2. The second-order valence-corrected chi connectivity index (χ2v) is 5.00. The van der Waals surface area contributed by atoms with E-state index in [1.54, 1.807) is 25.1 Å². The Morgan fingerprint density at radius 1 is 1.13 bits per heavy atom. The number of carbonyl (C=O) groups excluding carboxylic acids is 1. The van der Waals surface area contributed by atoms with Gasteiger partial charge in [0.15, 0.2) is 0 Å². The first-order valence-electron chi connectivity index (χ1n) is 7.27. The minimum absolute atomic E-state index is 0.222. The number of para-hydroxylation sites is 1. The maximum atomic E-state index is 11.2. The van der Waals surface area contributed by atoms with Gasteiger partial charge >= 0.3 is 5.97 Å². The van der Waals surface area contributed by atoms with Crippen molar-refractivity contribution < 1.29 is 14.6 Å². The normalized spacial score (nSPS) is 10.7. The van der Waals surface area contributed by atoms with Gasteiger partial charge in [-0.05, 0) is 25.5 Å². The lowest BCUT2D eigenvalue weighted by Crippen LogP contribution is -2.08. The van der Waals surface area contributed by atoms with Gasteiger partial charge in [-0.25, -0.2) is 4.79 Å². The summed E-state index contributed by atoms with van der Waals surface area (Å²) in [6, 6.07) is 16.7. The Morgan fingerprint density at radius 2 is 1.70 bits per heavy atom. The van der Waals surface area contributed by atoms with Crippen LogP contribution in [0.1, 0.15) is 31.1 Å². The van der Waals surface area contributed by atoms with Crippen molar-refractivity contribution >= 4 is 12.0 Å². The summed E-state index contributed by atoms with van der Waals surface area (Å²) in [4.78, 5) is 11.2. The fourth-order valence-corrected chi connectivity index (χ4v) is 1.71. The first-order valence-corrected chi connectivity index (χ1v) is 7.27. The van der Waals surface area contributed by atoms with Crippen LogP contribution in [0.15, 0.2) is 73.3 Å². The number of hydrogen-bond acceptors (Lipinski definition) is 3. The summed E-state index contributed by atoms with van der Waals surface area (Å²) in [7, 11) is 0. The van der Waals surface area contributed by atoms with Crippen LogP contribution in [0, 0.1) is 0 Å². The average molecular weight is 310 g/mol. The molecule has 1 N–H and O–H groups in total. The number of phenols is 1. The molecule has 0 aliphatic carbocycles. The van der Waals surface area contributed by atoms with E-state index in [2.05, 4.69) is 13.2 Å². The number of phenolic OH excluding ortho intramolecular Hbond substituents is 1. The molecule has 1 atom stereocenters. The van der Waals surface area contributed by atoms with Crippen molar-refractivity contribution in [2.24, 2.45) is 0 Å². The number of esters is 1. The molecule has 2 rings (SSSR count). The van der Waals surface area contributed by atoms with Gasteiger partial charge in [-0.1, -0.05) is 67.8 Å². The van der Waals surface area contributed by atoms with E-state index in [1.165, 1.54) is 0 Å². The van der Waals surface area contributed by atoms with Gasteiger partial charge in [0.2, 0.25) is 0 Å². The molecule has 0 aliphatic heterocycles. The summed E-state index contributed by atoms with van der Waals surface area (Å²) in [5.41, 5.74) is 2.19. The van der Waals surface area contributed by atoms with Gasteiger partial charge < -0.3 is 9.84 Å². The Balaban J connectivity index is 0.000000253. The lowest BCUT2D eigenvalue weighted by atomic mass is 10.1. The minimum atomic E-state index is -0.346. The van der Waals surface area contributed by atoms with E-state index in [1.807, 2.05) is 49.4 Å². The monoisotopic (exact) mass is 310 g/mol. The van der Waals surface area contributed by atoms with Crippen LogP contribution in [-0.2, 0) is 9.53 Å². The van der Waals surface area contributed by atoms with E-state index in [4.69, 9.17) is 9.84 Å². The van der Waals surface area contributed by atoms with E-state index in [0.717, 1.165) is 11.1 Å². The zero-order chi connectivity index (χ0) is 17.2. The van der Waals surface area contributed by atoms with Crippen molar-refractivity contribution in [3.05, 3.63) is 84.5 Å². The summed E-state index contributed by atoms with van der Waals surface area (Å²) in [5, 5.41) is 9.04. The van der Waals surface area contributed by atoms with Gasteiger partial charge in [-0.2, -0.15) is 0 Å². The number of aromatic hydroxyl groups is 1. The summed E-state index contributed by atoms with van der Waals surface area (Å²) in [6.07, 6.45) is 1.40. The molecule has 0 saturated heterocycles. The number of hydrogen-bond donors (Lipinski definition) is 1. The quantitative estimate of drug-likeness (QED) is 0.645. The van der Waals surface area contributed by atoms with E-state index in [0.29, 0.717) is 5.57 Å². The molecule has 3 heteroatoms. The third-order valence-electron chi connectivity index (χ3n) is 3.06. The van der Waals surface area contributed by atoms with Gasteiger partial charge in [0, 0.05) is 11.1 Å². The maximum Gasteiger partial charge on any atom is 0.333 e. The Morgan fingerprint density at radius 3 is 2.17 bits per heavy atom. The smallest absolute Gasteiger partial charge is 0.333 e. The molecule has 2 aromatic carbocycles. The predicted octanol–water partition coefficient (Wildman–Crippen LogP) is 4.90. The van der Waals surface area contributed by atoms with E-state index in [9.17, 15) is 4.79 Å². The van der Waals surface area contributed by atoms with Crippen LogP contribution in [0.4, 0.5) is 0 Å². The summed E-state index contributed by atoms with van der Waals surface area (Å²) in [6.45, 7) is 10.5. The molecule has 0 amide bonds. The minimum Gasteiger partial charge on any atom is -0.507 e. The highest BCUT2D eigenvalue weighted by Gasteiger charge is 2.10. The van der Waals surface area contributed by atoms with Crippen molar-refractivity contribution in [1.29, 1.82) is 0 Å². The van der Waals surface area contributed by atoms with Gasteiger partial charge in [0.1, 0.15) is 11.9 Å². The number of rotatable bonds is 4. The van der Waals surface area contributed by atoms with Crippen LogP contribution in [0.25, 0.3) is 6.08 Å². The molecule has 3 nitrogen and oxygen atoms in total. The third-order valence-corrected chi connectivity index (χ3v) is 3.06. The van der Waals surface area contributed by atoms with Crippen molar-refractivity contribution in [2.75, 3.05) is 0 Å². The zero-order valence-electron chi connectivity index (χ0n) is 13.5. The Labute approximate surface area is 137 Å². The molecular formula is C20H22O3. The summed E-state index contributed by atoms with van der Waals surface area (Å²) >= 11 is 0. The largest absolute Gasteiger partial charge is 0.507 e. The lowest BCUT2D eigenvalue weighted by molar-refractivity contribution is -0.143. The molecule has 0 aliphatic rings. The standard InChI is InChI=1S/C12H14O2.C8H8O/c1-9(2)12(13)14-10(3)11-7-5-4-6-8-11;1-2-7-5-3-4-6-8(7)9/h4-8,10H,1H2,2-3H3;2-6,9H,1H2. The van der Waals surface area contributed by atoms with E-state index >= 15 is 0 Å². The highest BCUT2D eigenvalue weighted by molar-refractivity contribution is 5.87. The van der Waals surface area contributed by atoms with Gasteiger partial charge in [0.05, 0.1) is 0 Å². The predicted molar refractivity (Wildman–Crippen MR) is 94.0 cm³/mol. The fourth-order valence-electron chi connectivity index (χ4n) is 1.71. The number of ether oxygens (including phenoxy) is 1. The van der Waals surface area contributed by atoms with Gasteiger partial charge in [-0.15, -0.1) is 0 Å². The molecule has 2 aromatic rings. The molecular weight excluding hydrogens is 288 g/mol. The van der Waals surface area contributed by atoms with Crippen LogP contribution >= 0.6 is 0 Å². The Hall–Kier alpha value is -2.81. The molecule has 120 valence electrons. The summed E-state index contributed by atoms with van der Waals surface area (Å²) < 4.78 is 5.16. The molecule has 0 spiro atoms. The highest BCUT2D eigenvalue weighted by Crippen LogP contribution is 2.17. The summed E-state index contributed by atoms with van der Waals surface area (Å²) in [5.74, 6) is -0.0612. The average Bonchev–Trinajstić information content (AvgIpc) is 2.56. The molecule has 0 bridgehead atoms. The molecule has 1 unspecified atom stereocenters. The van der Waals surface area contributed by atoms with Crippen molar-refractivity contribution in [1.82, 2.24) is 0 Å². The van der Waals surface area contributed by atoms with Gasteiger partial charge in [-0.3, -0.25) is 0 Å². The van der Waals surface area contributed by atoms with Crippen LogP contribution in [0.5, 0.6) is 5.75 Å². The highest BCUT2D eigenvalue weighted by atomic mass is 16.5.